The van der Waals surface area contributed by atoms with E-state index in [1.165, 1.54) is 4.90 Å². The molecule has 0 aliphatic rings. The topological polar surface area (TPSA) is 70.7 Å². The zero-order valence-electron chi connectivity index (χ0n) is 15.2. The van der Waals surface area contributed by atoms with Crippen molar-refractivity contribution in [2.24, 2.45) is 5.92 Å². The van der Waals surface area contributed by atoms with Crippen LogP contribution in [-0.2, 0) is 4.74 Å². The Balaban J connectivity index is 2.42. The Morgan fingerprint density at radius 2 is 1.92 bits per heavy atom. The molecule has 0 aromatic heterocycles. The van der Waals surface area contributed by atoms with Crippen molar-refractivity contribution in [2.45, 2.75) is 33.3 Å². The van der Waals surface area contributed by atoms with Gasteiger partial charge in [0.25, 0.3) is 0 Å². The summed E-state index contributed by atoms with van der Waals surface area (Å²) in [6.45, 7) is 8.21. The number of halogens is 2. The Morgan fingerprint density at radius 1 is 1.28 bits per heavy atom. The first kappa shape index (κ1) is 21.4. The highest BCUT2D eigenvalue weighted by Gasteiger charge is 2.21. The van der Waals surface area contributed by atoms with Gasteiger partial charge in [0.1, 0.15) is 5.60 Å². The minimum Gasteiger partial charge on any atom is -0.444 e. The van der Waals surface area contributed by atoms with Gasteiger partial charge in [-0.3, -0.25) is 0 Å². The van der Waals surface area contributed by atoms with Crippen LogP contribution in [-0.4, -0.2) is 42.8 Å². The number of amides is 3. The van der Waals surface area contributed by atoms with Crippen LogP contribution in [0.5, 0.6) is 0 Å². The van der Waals surface area contributed by atoms with E-state index in [0.29, 0.717) is 28.8 Å². The molecule has 1 aromatic rings. The molecule has 0 radical (unpaired) electrons. The van der Waals surface area contributed by atoms with Gasteiger partial charge in [0.05, 0.1) is 10.7 Å². The summed E-state index contributed by atoms with van der Waals surface area (Å²) in [5.74, 6) is 0.0399. The lowest BCUT2D eigenvalue weighted by Crippen LogP contribution is -2.40. The van der Waals surface area contributed by atoms with Crippen LogP contribution >= 0.6 is 23.2 Å². The smallest absolute Gasteiger partial charge is 0.410 e. The molecule has 140 valence electrons. The van der Waals surface area contributed by atoms with Gasteiger partial charge in [-0.2, -0.15) is 0 Å². The number of carbonyl (C=O) groups excluding carboxylic acids is 2. The van der Waals surface area contributed by atoms with Crippen LogP contribution in [0.1, 0.15) is 27.7 Å². The molecule has 1 aromatic carbocycles. The number of hydrogen-bond donors (Lipinski definition) is 2. The summed E-state index contributed by atoms with van der Waals surface area (Å²) in [4.78, 5) is 25.4. The first-order valence-corrected chi connectivity index (χ1v) is 8.67. The molecule has 0 aliphatic heterocycles. The van der Waals surface area contributed by atoms with Crippen molar-refractivity contribution in [3.63, 3.8) is 0 Å². The number of carbonyl (C=O) groups is 2. The van der Waals surface area contributed by atoms with Crippen molar-refractivity contribution in [2.75, 3.05) is 25.5 Å². The molecule has 25 heavy (non-hydrogen) atoms. The zero-order valence-corrected chi connectivity index (χ0v) is 16.7. The highest BCUT2D eigenvalue weighted by Crippen LogP contribution is 2.25. The number of ether oxygens (including phenoxy) is 1. The van der Waals surface area contributed by atoms with E-state index < -0.39 is 17.7 Å². The van der Waals surface area contributed by atoms with Gasteiger partial charge < -0.3 is 20.3 Å². The van der Waals surface area contributed by atoms with Crippen LogP contribution in [0.15, 0.2) is 18.2 Å². The van der Waals surface area contributed by atoms with E-state index in [1.54, 1.807) is 25.2 Å². The maximum Gasteiger partial charge on any atom is 0.410 e. The van der Waals surface area contributed by atoms with Crippen molar-refractivity contribution in [1.29, 1.82) is 0 Å². The summed E-state index contributed by atoms with van der Waals surface area (Å²) in [5.41, 5.74) is -0.103. The standard InChI is InChI=1S/C17H25Cl2N3O3/c1-11(10-22(5)16(24)25-17(2,3)4)9-20-15(23)21-14-8-12(18)6-7-13(14)19/h6-8,11H,9-10H2,1-5H3,(H2,20,21,23). The van der Waals surface area contributed by atoms with Crippen molar-refractivity contribution in [3.8, 4) is 0 Å². The Labute approximate surface area is 158 Å². The van der Waals surface area contributed by atoms with Gasteiger partial charge in [0, 0.05) is 25.2 Å². The monoisotopic (exact) mass is 389 g/mol. The van der Waals surface area contributed by atoms with E-state index in [4.69, 9.17) is 27.9 Å². The molecule has 0 saturated heterocycles. The summed E-state index contributed by atoms with van der Waals surface area (Å²) >= 11 is 11.9. The van der Waals surface area contributed by atoms with Crippen molar-refractivity contribution >= 4 is 41.0 Å². The summed E-state index contributed by atoms with van der Waals surface area (Å²) in [6, 6.07) is 4.43. The van der Waals surface area contributed by atoms with Gasteiger partial charge in [0.2, 0.25) is 0 Å². The molecule has 0 saturated carbocycles. The molecule has 6 nitrogen and oxygen atoms in total. The maximum atomic E-state index is 12.0. The van der Waals surface area contributed by atoms with Gasteiger partial charge in [-0.05, 0) is 44.9 Å². The van der Waals surface area contributed by atoms with Crippen molar-refractivity contribution < 1.29 is 14.3 Å². The second-order valence-corrected chi connectivity index (χ2v) is 7.77. The fourth-order valence-corrected chi connectivity index (χ4v) is 2.31. The minimum absolute atomic E-state index is 0.0399. The predicted molar refractivity (Wildman–Crippen MR) is 102 cm³/mol. The van der Waals surface area contributed by atoms with Crippen LogP contribution in [0.25, 0.3) is 0 Å². The van der Waals surface area contributed by atoms with E-state index in [1.807, 2.05) is 27.7 Å². The predicted octanol–water partition coefficient (Wildman–Crippen LogP) is 4.62. The van der Waals surface area contributed by atoms with Crippen LogP contribution in [0.4, 0.5) is 15.3 Å². The third-order valence-electron chi connectivity index (χ3n) is 3.08. The minimum atomic E-state index is -0.539. The largest absolute Gasteiger partial charge is 0.444 e. The molecule has 1 rings (SSSR count). The lowest BCUT2D eigenvalue weighted by atomic mass is 10.1. The van der Waals surface area contributed by atoms with Crippen molar-refractivity contribution in [3.05, 3.63) is 28.2 Å². The molecule has 0 spiro atoms. The Hall–Kier alpha value is -1.66. The van der Waals surface area contributed by atoms with E-state index in [-0.39, 0.29) is 5.92 Å². The SMILES string of the molecule is CC(CNC(=O)Nc1cc(Cl)ccc1Cl)CN(C)C(=O)OC(C)(C)C. The molecular formula is C17H25Cl2N3O3. The lowest BCUT2D eigenvalue weighted by molar-refractivity contribution is 0.0278. The number of urea groups is 1. The summed E-state index contributed by atoms with van der Waals surface area (Å²) in [6.07, 6.45) is -0.394. The van der Waals surface area contributed by atoms with E-state index in [9.17, 15) is 9.59 Å². The van der Waals surface area contributed by atoms with Gasteiger partial charge >= 0.3 is 12.1 Å². The fraction of sp³-hybridized carbons (Fsp3) is 0.529. The number of nitrogens with one attached hydrogen (secondary N) is 2. The normalized spacial score (nSPS) is 12.3. The van der Waals surface area contributed by atoms with Gasteiger partial charge in [-0.25, -0.2) is 9.59 Å². The van der Waals surface area contributed by atoms with E-state index in [2.05, 4.69) is 10.6 Å². The second-order valence-electron chi connectivity index (χ2n) is 6.93. The highest BCUT2D eigenvalue weighted by molar-refractivity contribution is 6.35. The van der Waals surface area contributed by atoms with Crippen LogP contribution in [0.2, 0.25) is 10.0 Å². The number of hydrogen-bond acceptors (Lipinski definition) is 3. The fourth-order valence-electron chi connectivity index (χ4n) is 1.97. The molecule has 0 aliphatic carbocycles. The number of benzene rings is 1. The molecule has 2 N–H and O–H groups in total. The average Bonchev–Trinajstić information content (AvgIpc) is 2.47. The molecule has 1 atom stereocenters. The number of anilines is 1. The van der Waals surface area contributed by atoms with Crippen molar-refractivity contribution in [1.82, 2.24) is 10.2 Å². The van der Waals surface area contributed by atoms with Gasteiger partial charge in [-0.15, -0.1) is 0 Å². The van der Waals surface area contributed by atoms with Crippen LogP contribution < -0.4 is 10.6 Å². The first-order valence-electron chi connectivity index (χ1n) is 7.92. The molecule has 8 heteroatoms. The number of nitrogens with zero attached hydrogens (tertiary/aromatic N) is 1. The van der Waals surface area contributed by atoms with Gasteiger partial charge in [0.15, 0.2) is 0 Å². The third-order valence-corrected chi connectivity index (χ3v) is 3.64. The van der Waals surface area contributed by atoms with Crippen LogP contribution in [0.3, 0.4) is 0 Å². The molecule has 1 unspecified atom stereocenters. The van der Waals surface area contributed by atoms with E-state index in [0.717, 1.165) is 0 Å². The van der Waals surface area contributed by atoms with E-state index >= 15 is 0 Å². The maximum absolute atomic E-state index is 12.0. The lowest BCUT2D eigenvalue weighted by Gasteiger charge is -2.26. The summed E-state index contributed by atoms with van der Waals surface area (Å²) in [5, 5.41) is 6.26. The zero-order chi connectivity index (χ0) is 19.2. The quantitative estimate of drug-likeness (QED) is 0.771. The Bertz CT molecular complexity index is 618. The number of rotatable bonds is 5. The molecular weight excluding hydrogens is 365 g/mol. The summed E-state index contributed by atoms with van der Waals surface area (Å²) < 4.78 is 5.29. The Morgan fingerprint density at radius 3 is 2.52 bits per heavy atom. The highest BCUT2D eigenvalue weighted by atomic mass is 35.5. The average molecular weight is 390 g/mol. The van der Waals surface area contributed by atoms with Crippen LogP contribution in [0, 0.1) is 5.92 Å². The molecule has 0 heterocycles. The summed E-state index contributed by atoms with van der Waals surface area (Å²) in [7, 11) is 1.66. The Kier molecular flexibility index (Phi) is 7.83. The van der Waals surface area contributed by atoms with Gasteiger partial charge in [-0.1, -0.05) is 30.1 Å². The third kappa shape index (κ3) is 8.31. The second kappa shape index (κ2) is 9.15. The molecule has 3 amide bonds. The molecule has 0 bridgehead atoms. The molecule has 0 fully saturated rings. The first-order chi connectivity index (χ1) is 11.5.